The zero-order chi connectivity index (χ0) is 21.4. The highest BCUT2D eigenvalue weighted by atomic mass is 35.6. The Morgan fingerprint density at radius 1 is 0.692 bits per heavy atom. The second-order valence-corrected chi connectivity index (χ2v) is 76.3. The van der Waals surface area contributed by atoms with E-state index in [-0.39, 0.29) is 0 Å². The topological polar surface area (TPSA) is 0 Å². The van der Waals surface area contributed by atoms with E-state index in [0.29, 0.717) is 0 Å². The van der Waals surface area contributed by atoms with Crippen LogP contribution in [0.4, 0.5) is 0 Å². The molecule has 3 unspecified atom stereocenters. The summed E-state index contributed by atoms with van der Waals surface area (Å²) in [4.78, 5) is 0. The third kappa shape index (κ3) is 6.21. The molecule has 0 amide bonds. The average molecular weight is 573 g/mol. The fraction of sp³-hybridized carbons (Fsp3) is 1.00. The first-order valence-electron chi connectivity index (χ1n) is 9.28. The van der Waals surface area contributed by atoms with Gasteiger partial charge in [0.1, 0.15) is 14.8 Å². The molecule has 0 fully saturated rings. The van der Waals surface area contributed by atoms with E-state index in [4.69, 9.17) is 45.4 Å². The quantitative estimate of drug-likeness (QED) is 0.158. The molecule has 0 bridgehead atoms. The smallest absolute Gasteiger partial charge is 0.147 e. The van der Waals surface area contributed by atoms with Crippen molar-refractivity contribution in [1.82, 2.24) is 0 Å². The minimum atomic E-state index is -1.76. The largest absolute Gasteiger partial charge is 0.168 e. The fourth-order valence-corrected chi connectivity index (χ4v) is 167. The second-order valence-electron chi connectivity index (χ2n) is 10.5. The van der Waals surface area contributed by atoms with Crippen molar-refractivity contribution in [2.75, 3.05) is 11.0 Å². The number of alkyl halides is 2. The Kier molecular flexibility index (Phi) is 10.6. The minimum Gasteiger partial charge on any atom is -0.168 e. The molecule has 0 nitrogen and oxygen atoms in total. The monoisotopic (exact) mass is 570 g/mol. The molecule has 0 aromatic heterocycles. The minimum absolute atomic E-state index is 0.541. The molecule has 4 radical (unpaired) electrons. The lowest BCUT2D eigenvalue weighted by molar-refractivity contribution is 1.56. The molecule has 0 rings (SSSR count). The van der Waals surface area contributed by atoms with E-state index in [2.05, 4.69) is 75.2 Å². The van der Waals surface area contributed by atoms with Crippen molar-refractivity contribution in [2.24, 2.45) is 0 Å². The SMILES string of the molecule is C[Si]([Si])[Si](C)(C)[Si](C)(CCl)[Si](C)(C[Si](C)(C)Cl)[Si](C)(CCl)C[Si](C)(C)Cl. The van der Waals surface area contributed by atoms with Crippen LogP contribution in [-0.4, -0.2) is 72.3 Å². The summed E-state index contributed by atoms with van der Waals surface area (Å²) >= 11 is 27.8. The lowest BCUT2D eigenvalue weighted by atomic mass is 11.8. The van der Waals surface area contributed by atoms with E-state index in [1.807, 2.05) is 0 Å². The van der Waals surface area contributed by atoms with Gasteiger partial charge in [-0.2, -0.15) is 22.2 Å². The van der Waals surface area contributed by atoms with E-state index in [1.54, 1.807) is 0 Å². The summed E-state index contributed by atoms with van der Waals surface area (Å²) in [7, 11) is -6.54. The van der Waals surface area contributed by atoms with Gasteiger partial charge >= 0.3 is 0 Å². The van der Waals surface area contributed by atoms with Crippen molar-refractivity contribution >= 4 is 107 Å². The first-order chi connectivity index (χ1) is 11.2. The lowest BCUT2D eigenvalue weighted by Gasteiger charge is -2.61. The zero-order valence-corrected chi connectivity index (χ0v) is 29.4. The maximum Gasteiger partial charge on any atom is 0.147 e. The summed E-state index contributed by atoms with van der Waals surface area (Å²) in [6.45, 7) is 24.9. The van der Waals surface area contributed by atoms with Gasteiger partial charge in [0, 0.05) is 42.8 Å². The van der Waals surface area contributed by atoms with Crippen LogP contribution in [0.15, 0.2) is 0 Å². The van der Waals surface area contributed by atoms with E-state index in [0.717, 1.165) is 11.0 Å². The molecule has 154 valence electrons. The Labute approximate surface area is 192 Å². The summed E-state index contributed by atoms with van der Waals surface area (Å²) in [5.41, 5.74) is 4.20. The van der Waals surface area contributed by atoms with E-state index >= 15 is 0 Å². The van der Waals surface area contributed by atoms with Crippen LogP contribution in [-0.2, 0) is 0 Å². The summed E-state index contributed by atoms with van der Waals surface area (Å²) in [6, 6.07) is 0. The van der Waals surface area contributed by atoms with Gasteiger partial charge in [-0.3, -0.25) is 0 Å². The molecule has 0 aromatic rings. The molecule has 0 aliphatic heterocycles. The third-order valence-electron chi connectivity index (χ3n) is 7.01. The van der Waals surface area contributed by atoms with Crippen LogP contribution in [0, 0.1) is 0 Å². The molecular formula is C14H38Cl4Si8. The molecule has 0 heterocycles. The molecule has 3 atom stereocenters. The Balaban J connectivity index is 6.78. The molecule has 0 saturated heterocycles. The maximum absolute atomic E-state index is 7.07. The van der Waals surface area contributed by atoms with Crippen LogP contribution >= 0.6 is 45.4 Å². The average Bonchev–Trinajstić information content (AvgIpc) is 2.41. The van der Waals surface area contributed by atoms with Crippen LogP contribution < -0.4 is 0 Å². The van der Waals surface area contributed by atoms with Crippen LogP contribution in [0.3, 0.4) is 0 Å². The van der Waals surface area contributed by atoms with Gasteiger partial charge in [-0.15, -0.1) is 23.2 Å². The number of hydrogen-bond donors (Lipinski definition) is 0. The fourth-order valence-electron chi connectivity index (χ4n) is 4.65. The van der Waals surface area contributed by atoms with Gasteiger partial charge in [0.15, 0.2) is 0 Å². The summed E-state index contributed by atoms with van der Waals surface area (Å²) < 4.78 is 0. The Bertz CT molecular complexity index is 479. The van der Waals surface area contributed by atoms with Crippen LogP contribution in [0.1, 0.15) is 0 Å². The number of hydrogen-bond acceptors (Lipinski definition) is 0. The molecule has 0 saturated carbocycles. The Hall–Kier alpha value is 2.90. The van der Waals surface area contributed by atoms with Crippen molar-refractivity contribution in [3.63, 3.8) is 0 Å². The molecule has 0 aliphatic carbocycles. The van der Waals surface area contributed by atoms with Crippen molar-refractivity contribution < 1.29 is 0 Å². The molecule has 12 heteroatoms. The van der Waals surface area contributed by atoms with Crippen molar-refractivity contribution in [3.8, 4) is 0 Å². The van der Waals surface area contributed by atoms with Crippen molar-refractivity contribution in [2.45, 2.75) is 76.8 Å². The first kappa shape index (κ1) is 28.9. The molecule has 0 aromatic carbocycles. The van der Waals surface area contributed by atoms with E-state index in [1.165, 1.54) is 11.3 Å². The van der Waals surface area contributed by atoms with Gasteiger partial charge in [0.25, 0.3) is 0 Å². The number of rotatable bonds is 10. The van der Waals surface area contributed by atoms with Crippen LogP contribution in [0.25, 0.3) is 0 Å². The number of halogens is 4. The summed E-state index contributed by atoms with van der Waals surface area (Å²) in [5, 5.41) is 0. The van der Waals surface area contributed by atoms with Gasteiger partial charge in [-0.1, -0.05) is 71.1 Å². The van der Waals surface area contributed by atoms with Gasteiger partial charge in [0.05, 0.1) is 14.7 Å². The van der Waals surface area contributed by atoms with Gasteiger partial charge in [0.2, 0.25) is 0 Å². The van der Waals surface area contributed by atoms with E-state index < -0.39 is 51.5 Å². The predicted octanol–water partition coefficient (Wildman–Crippen LogP) is 6.56. The lowest BCUT2D eigenvalue weighted by Crippen LogP contribution is -2.88. The Morgan fingerprint density at radius 3 is 1.31 bits per heavy atom. The van der Waals surface area contributed by atoms with Crippen LogP contribution in [0.5, 0.6) is 0 Å². The second kappa shape index (κ2) is 9.58. The van der Waals surface area contributed by atoms with Crippen molar-refractivity contribution in [1.29, 1.82) is 0 Å². The predicted molar refractivity (Wildman–Crippen MR) is 147 cm³/mol. The molecule has 26 heavy (non-hydrogen) atoms. The first-order valence-corrected chi connectivity index (χ1v) is 37.6. The van der Waals surface area contributed by atoms with Gasteiger partial charge in [-0.05, 0) is 5.67 Å². The zero-order valence-electron chi connectivity index (χ0n) is 18.3. The van der Waals surface area contributed by atoms with Gasteiger partial charge in [-0.25, -0.2) is 0 Å². The van der Waals surface area contributed by atoms with Crippen molar-refractivity contribution in [3.05, 3.63) is 0 Å². The summed E-state index contributed by atoms with van der Waals surface area (Å²) in [5.74, 6) is 0. The maximum atomic E-state index is 7.07. The molecular weight excluding hydrogens is 535 g/mol. The molecule has 0 spiro atoms. The highest BCUT2D eigenvalue weighted by Crippen LogP contribution is 2.45. The highest BCUT2D eigenvalue weighted by Gasteiger charge is 2.66. The van der Waals surface area contributed by atoms with E-state index in [9.17, 15) is 0 Å². The molecule has 0 aliphatic rings. The Morgan fingerprint density at radius 2 is 1.08 bits per heavy atom. The van der Waals surface area contributed by atoms with Crippen LogP contribution in [0.2, 0.25) is 76.8 Å². The molecule has 0 N–H and O–H groups in total. The normalized spacial score (nSPS) is 21.2. The third-order valence-corrected chi connectivity index (χ3v) is 116. The highest BCUT2D eigenvalue weighted by molar-refractivity contribution is 7.94. The van der Waals surface area contributed by atoms with Gasteiger partial charge < -0.3 is 0 Å². The standard InChI is InChI=1S/C14H38Cl4Si8/c1-20(19)23(6,7)25(9,12-16)26(10,14-22(4,5)18)24(8,11-15)13-21(2,3)17/h11-14H2,1-10H3. The summed E-state index contributed by atoms with van der Waals surface area (Å²) in [6.07, 6.45) is 0.